The van der Waals surface area contributed by atoms with E-state index in [1.165, 1.54) is 12.8 Å². The number of nitrogens with zero attached hydrogens (tertiary/aromatic N) is 2. The van der Waals surface area contributed by atoms with Crippen molar-refractivity contribution in [1.82, 2.24) is 4.98 Å². The van der Waals surface area contributed by atoms with Gasteiger partial charge in [-0.3, -0.25) is 0 Å². The molecule has 0 saturated carbocycles. The molecule has 2 rings (SSSR count). The summed E-state index contributed by atoms with van der Waals surface area (Å²) in [5, 5.41) is 10.8. The van der Waals surface area contributed by atoms with Gasteiger partial charge in [0.25, 0.3) is 0 Å². The van der Waals surface area contributed by atoms with Gasteiger partial charge < -0.3 is 10.0 Å². The van der Waals surface area contributed by atoms with E-state index >= 15 is 0 Å². The summed E-state index contributed by atoms with van der Waals surface area (Å²) >= 11 is 1.64. The molecule has 1 fully saturated rings. The predicted octanol–water partition coefficient (Wildman–Crippen LogP) is 3.13. The number of aliphatic hydroxyl groups excluding tert-OH is 1. The molecule has 3 unspecified atom stereocenters. The van der Waals surface area contributed by atoms with Crippen molar-refractivity contribution in [1.29, 1.82) is 0 Å². The Bertz CT molecular complexity index is 389. The molecule has 17 heavy (non-hydrogen) atoms. The van der Waals surface area contributed by atoms with E-state index in [9.17, 15) is 5.11 Å². The number of anilines is 1. The van der Waals surface area contributed by atoms with E-state index in [2.05, 4.69) is 23.7 Å². The van der Waals surface area contributed by atoms with Crippen molar-refractivity contribution in [2.75, 3.05) is 11.4 Å². The lowest BCUT2D eigenvalue weighted by molar-refractivity contribution is 0.202. The summed E-state index contributed by atoms with van der Waals surface area (Å²) in [7, 11) is 0. The molecule has 0 radical (unpaired) electrons. The molecule has 96 valence electrons. The molecule has 3 nitrogen and oxygen atoms in total. The maximum Gasteiger partial charge on any atom is 0.186 e. The minimum atomic E-state index is -0.403. The monoisotopic (exact) mass is 254 g/mol. The molecular weight excluding hydrogens is 232 g/mol. The second-order valence-electron chi connectivity index (χ2n) is 5.29. The van der Waals surface area contributed by atoms with Gasteiger partial charge >= 0.3 is 0 Å². The maximum atomic E-state index is 9.68. The molecule has 0 spiro atoms. The van der Waals surface area contributed by atoms with Gasteiger partial charge in [0.15, 0.2) is 5.13 Å². The van der Waals surface area contributed by atoms with Crippen molar-refractivity contribution in [2.45, 2.75) is 52.7 Å². The largest absolute Gasteiger partial charge is 0.388 e. The van der Waals surface area contributed by atoms with Crippen molar-refractivity contribution < 1.29 is 5.11 Å². The summed E-state index contributed by atoms with van der Waals surface area (Å²) in [4.78, 5) is 8.01. The topological polar surface area (TPSA) is 36.4 Å². The van der Waals surface area contributed by atoms with Gasteiger partial charge in [0, 0.05) is 12.6 Å². The number of hydrogen-bond donors (Lipinski definition) is 1. The van der Waals surface area contributed by atoms with Crippen molar-refractivity contribution in [3.05, 3.63) is 10.6 Å². The van der Waals surface area contributed by atoms with Crippen LogP contribution < -0.4 is 4.90 Å². The van der Waals surface area contributed by atoms with Crippen LogP contribution in [0.5, 0.6) is 0 Å². The first-order valence-corrected chi connectivity index (χ1v) is 7.22. The van der Waals surface area contributed by atoms with Crippen LogP contribution in [0.3, 0.4) is 0 Å². The van der Waals surface area contributed by atoms with Crippen molar-refractivity contribution >= 4 is 16.5 Å². The number of aliphatic hydroxyl groups is 1. The normalized spacial score (nSPS) is 27.2. The number of aryl methyl sites for hydroxylation is 1. The zero-order valence-corrected chi connectivity index (χ0v) is 11.9. The van der Waals surface area contributed by atoms with Gasteiger partial charge in [0.05, 0.1) is 16.7 Å². The van der Waals surface area contributed by atoms with Crippen molar-refractivity contribution in [3.63, 3.8) is 0 Å². The summed E-state index contributed by atoms with van der Waals surface area (Å²) in [6, 6.07) is 0.561. The van der Waals surface area contributed by atoms with E-state index in [1.54, 1.807) is 11.3 Å². The smallest absolute Gasteiger partial charge is 0.186 e. The molecule has 0 aromatic carbocycles. The van der Waals surface area contributed by atoms with Gasteiger partial charge in [-0.1, -0.05) is 18.3 Å². The van der Waals surface area contributed by atoms with Crippen LogP contribution in [0.15, 0.2) is 0 Å². The van der Waals surface area contributed by atoms with Crippen LogP contribution in [-0.4, -0.2) is 22.7 Å². The van der Waals surface area contributed by atoms with Crippen LogP contribution in [0.25, 0.3) is 0 Å². The van der Waals surface area contributed by atoms with E-state index < -0.39 is 6.10 Å². The highest BCUT2D eigenvalue weighted by Gasteiger charge is 2.26. The molecule has 1 aliphatic rings. The Morgan fingerprint density at radius 3 is 2.71 bits per heavy atom. The molecule has 0 bridgehead atoms. The fourth-order valence-electron chi connectivity index (χ4n) is 2.60. The summed E-state index contributed by atoms with van der Waals surface area (Å²) in [5.41, 5.74) is 0.978. The molecule has 1 aromatic heterocycles. The van der Waals surface area contributed by atoms with Crippen molar-refractivity contribution in [3.8, 4) is 0 Å². The van der Waals surface area contributed by atoms with Crippen LogP contribution >= 0.6 is 11.3 Å². The number of rotatable bonds is 2. The number of aromatic nitrogens is 1. The first-order chi connectivity index (χ1) is 7.99. The minimum Gasteiger partial charge on any atom is -0.388 e. The SMILES string of the molecule is Cc1nc(N2CCC(C)CC2C)sc1C(C)O. The molecular formula is C13H22N2OS. The van der Waals surface area contributed by atoms with E-state index in [0.29, 0.717) is 6.04 Å². The molecule has 1 N–H and O–H groups in total. The zero-order chi connectivity index (χ0) is 12.6. The maximum absolute atomic E-state index is 9.68. The molecule has 4 heteroatoms. The molecule has 1 aromatic rings. The summed E-state index contributed by atoms with van der Waals surface area (Å²) in [6.45, 7) is 9.48. The van der Waals surface area contributed by atoms with Gasteiger partial charge in [0.1, 0.15) is 0 Å². The predicted molar refractivity (Wildman–Crippen MR) is 72.7 cm³/mol. The lowest BCUT2D eigenvalue weighted by Crippen LogP contribution is -2.40. The van der Waals surface area contributed by atoms with Crippen LogP contribution in [0.2, 0.25) is 0 Å². The lowest BCUT2D eigenvalue weighted by atomic mass is 9.94. The third-order valence-electron chi connectivity index (χ3n) is 3.58. The Balaban J connectivity index is 2.19. The van der Waals surface area contributed by atoms with Gasteiger partial charge in [-0.15, -0.1) is 0 Å². The number of thiazole rings is 1. The standard InChI is InChI=1S/C13H22N2OS/c1-8-5-6-15(9(2)7-8)13-14-10(3)12(17-13)11(4)16/h8-9,11,16H,5-7H2,1-4H3. The molecule has 1 aliphatic heterocycles. The average molecular weight is 254 g/mol. The first-order valence-electron chi connectivity index (χ1n) is 6.41. The fraction of sp³-hybridized carbons (Fsp3) is 0.769. The highest BCUT2D eigenvalue weighted by Crippen LogP contribution is 2.34. The second-order valence-corrected chi connectivity index (χ2v) is 6.30. The van der Waals surface area contributed by atoms with Gasteiger partial charge in [-0.2, -0.15) is 0 Å². The molecule has 1 saturated heterocycles. The summed E-state index contributed by atoms with van der Waals surface area (Å²) in [6.07, 6.45) is 2.08. The number of hydrogen-bond acceptors (Lipinski definition) is 4. The van der Waals surface area contributed by atoms with Gasteiger partial charge in [0.2, 0.25) is 0 Å². The Labute approximate surface area is 107 Å². The zero-order valence-electron chi connectivity index (χ0n) is 11.1. The van der Waals surface area contributed by atoms with E-state index in [-0.39, 0.29) is 0 Å². The quantitative estimate of drug-likeness (QED) is 0.881. The number of piperidine rings is 1. The van der Waals surface area contributed by atoms with Crippen LogP contribution in [0, 0.1) is 12.8 Å². The Morgan fingerprint density at radius 2 is 2.18 bits per heavy atom. The van der Waals surface area contributed by atoms with E-state index in [4.69, 9.17) is 0 Å². The van der Waals surface area contributed by atoms with E-state index in [1.807, 2.05) is 13.8 Å². The van der Waals surface area contributed by atoms with E-state index in [0.717, 1.165) is 28.2 Å². The van der Waals surface area contributed by atoms with Crippen molar-refractivity contribution in [2.24, 2.45) is 5.92 Å². The summed E-state index contributed by atoms with van der Waals surface area (Å²) < 4.78 is 0. The highest BCUT2D eigenvalue weighted by molar-refractivity contribution is 7.15. The molecule has 3 atom stereocenters. The third kappa shape index (κ3) is 2.63. The lowest BCUT2D eigenvalue weighted by Gasteiger charge is -2.36. The average Bonchev–Trinajstić information content (AvgIpc) is 2.60. The Morgan fingerprint density at radius 1 is 1.47 bits per heavy atom. The van der Waals surface area contributed by atoms with Crippen LogP contribution in [-0.2, 0) is 0 Å². The minimum absolute atomic E-state index is 0.403. The molecule has 0 amide bonds. The first kappa shape index (κ1) is 12.8. The van der Waals surface area contributed by atoms with Crippen LogP contribution in [0.1, 0.15) is 50.3 Å². The molecule has 0 aliphatic carbocycles. The Hall–Kier alpha value is -0.610. The highest BCUT2D eigenvalue weighted by atomic mass is 32.1. The summed E-state index contributed by atoms with van der Waals surface area (Å²) in [5.74, 6) is 0.818. The van der Waals surface area contributed by atoms with Gasteiger partial charge in [-0.25, -0.2) is 4.98 Å². The molecule has 2 heterocycles. The fourth-order valence-corrected chi connectivity index (χ4v) is 3.73. The second kappa shape index (κ2) is 4.94. The van der Waals surface area contributed by atoms with Gasteiger partial charge in [-0.05, 0) is 39.5 Å². The van der Waals surface area contributed by atoms with Crippen LogP contribution in [0.4, 0.5) is 5.13 Å². The third-order valence-corrected chi connectivity index (χ3v) is 4.95. The Kier molecular flexibility index (Phi) is 3.73.